The predicted octanol–water partition coefficient (Wildman–Crippen LogP) is 0.541. The van der Waals surface area contributed by atoms with Gasteiger partial charge in [0.25, 0.3) is 0 Å². The summed E-state index contributed by atoms with van der Waals surface area (Å²) in [6, 6.07) is -0.0890. The Labute approximate surface area is 117 Å². The first kappa shape index (κ1) is 16.4. The molecule has 2 N–H and O–H groups in total. The molecule has 1 atom stereocenters. The van der Waals surface area contributed by atoms with E-state index < -0.39 is 0 Å². The smallest absolute Gasteiger partial charge is 0.239 e. The Bertz CT molecular complexity index is 288. The van der Waals surface area contributed by atoms with Crippen LogP contribution in [-0.2, 0) is 9.53 Å². The molecule has 5 heteroatoms. The lowest BCUT2D eigenvalue weighted by molar-refractivity contribution is -0.140. The van der Waals surface area contributed by atoms with E-state index in [-0.39, 0.29) is 17.4 Å². The van der Waals surface area contributed by atoms with Crippen LogP contribution in [0.4, 0.5) is 0 Å². The normalized spacial score (nSPS) is 18.7. The molecule has 0 aromatic heterocycles. The zero-order chi connectivity index (χ0) is 14.5. The fourth-order valence-electron chi connectivity index (χ4n) is 2.34. The van der Waals surface area contributed by atoms with Crippen LogP contribution in [0.25, 0.3) is 0 Å². The van der Waals surface area contributed by atoms with Crippen LogP contribution in [-0.4, -0.2) is 67.7 Å². The van der Waals surface area contributed by atoms with Gasteiger partial charge in [0.2, 0.25) is 5.91 Å². The molecular formula is C14H29N3O2. The molecule has 1 fully saturated rings. The predicted molar refractivity (Wildman–Crippen MR) is 76.9 cm³/mol. The molecule has 0 saturated carbocycles. The summed E-state index contributed by atoms with van der Waals surface area (Å²) in [5.74, 6) is 0.206. The van der Waals surface area contributed by atoms with Gasteiger partial charge in [-0.15, -0.1) is 0 Å². The highest BCUT2D eigenvalue weighted by atomic mass is 16.5. The maximum atomic E-state index is 12.5. The van der Waals surface area contributed by atoms with Crippen molar-refractivity contribution in [3.8, 4) is 0 Å². The molecule has 0 aliphatic carbocycles. The van der Waals surface area contributed by atoms with E-state index in [4.69, 9.17) is 10.5 Å². The first-order chi connectivity index (χ1) is 8.91. The molecule has 0 aromatic carbocycles. The average molecular weight is 271 g/mol. The summed E-state index contributed by atoms with van der Waals surface area (Å²) in [6.07, 6.45) is 0. The van der Waals surface area contributed by atoms with Crippen molar-refractivity contribution in [2.24, 2.45) is 11.1 Å². The van der Waals surface area contributed by atoms with Gasteiger partial charge in [0.05, 0.1) is 19.3 Å². The Morgan fingerprint density at radius 1 is 1.42 bits per heavy atom. The van der Waals surface area contributed by atoms with Crippen molar-refractivity contribution in [3.63, 3.8) is 0 Å². The molecule has 0 spiro atoms. The Hall–Kier alpha value is -0.650. The molecule has 0 bridgehead atoms. The number of hydrogen-bond acceptors (Lipinski definition) is 4. The fraction of sp³-hybridized carbons (Fsp3) is 0.929. The summed E-state index contributed by atoms with van der Waals surface area (Å²) in [4.78, 5) is 16.6. The van der Waals surface area contributed by atoms with Crippen molar-refractivity contribution in [2.45, 2.75) is 33.7 Å². The number of amides is 1. The number of nitrogens with two attached hydrogens (primary N) is 1. The monoisotopic (exact) mass is 271 g/mol. The van der Waals surface area contributed by atoms with Crippen molar-refractivity contribution in [2.75, 3.05) is 45.9 Å². The largest absolute Gasteiger partial charge is 0.378 e. The van der Waals surface area contributed by atoms with Gasteiger partial charge in [-0.05, 0) is 25.4 Å². The van der Waals surface area contributed by atoms with Gasteiger partial charge in [0.15, 0.2) is 0 Å². The number of likely N-dealkylation sites (N-methyl/N-ethyl adjacent to an activating group) is 1. The summed E-state index contributed by atoms with van der Waals surface area (Å²) in [5.41, 5.74) is 5.83. The van der Waals surface area contributed by atoms with E-state index in [1.165, 1.54) is 0 Å². The zero-order valence-electron chi connectivity index (χ0n) is 12.8. The van der Waals surface area contributed by atoms with E-state index in [9.17, 15) is 4.79 Å². The third-order valence-electron chi connectivity index (χ3n) is 3.82. The van der Waals surface area contributed by atoms with Crippen LogP contribution < -0.4 is 5.73 Å². The summed E-state index contributed by atoms with van der Waals surface area (Å²) in [7, 11) is 0. The van der Waals surface area contributed by atoms with Crippen LogP contribution >= 0.6 is 0 Å². The molecule has 1 aliphatic heterocycles. The van der Waals surface area contributed by atoms with Gasteiger partial charge < -0.3 is 15.4 Å². The highest BCUT2D eigenvalue weighted by Crippen LogP contribution is 2.17. The molecule has 19 heavy (non-hydrogen) atoms. The first-order valence-corrected chi connectivity index (χ1v) is 7.22. The van der Waals surface area contributed by atoms with Crippen molar-refractivity contribution in [1.82, 2.24) is 9.80 Å². The Balaban J connectivity index is 2.61. The molecule has 1 rings (SSSR count). The third kappa shape index (κ3) is 4.75. The Kier molecular flexibility index (Phi) is 6.23. The van der Waals surface area contributed by atoms with E-state index in [0.29, 0.717) is 32.8 Å². The second-order valence-electron chi connectivity index (χ2n) is 6.05. The molecule has 1 unspecified atom stereocenters. The summed E-state index contributed by atoms with van der Waals surface area (Å²) in [5, 5.41) is 0. The van der Waals surface area contributed by atoms with Crippen LogP contribution in [0.3, 0.4) is 0 Å². The second-order valence-corrected chi connectivity index (χ2v) is 6.05. The standard InChI is InChI=1S/C14H29N3O2/c1-5-16(11-14(3,4)10-15)12(2)13(18)17-6-8-19-9-7-17/h12H,5-11,15H2,1-4H3. The number of ether oxygens (including phenoxy) is 1. The summed E-state index contributed by atoms with van der Waals surface area (Å²) >= 11 is 0. The average Bonchev–Trinajstić information content (AvgIpc) is 2.44. The van der Waals surface area contributed by atoms with Gasteiger partial charge in [-0.3, -0.25) is 9.69 Å². The molecule has 1 amide bonds. The zero-order valence-corrected chi connectivity index (χ0v) is 12.8. The molecule has 1 saturated heterocycles. The molecule has 1 aliphatic rings. The fourth-order valence-corrected chi connectivity index (χ4v) is 2.34. The van der Waals surface area contributed by atoms with Crippen LogP contribution in [0.15, 0.2) is 0 Å². The van der Waals surface area contributed by atoms with Gasteiger partial charge in [-0.1, -0.05) is 20.8 Å². The molecule has 0 radical (unpaired) electrons. The summed E-state index contributed by atoms with van der Waals surface area (Å²) < 4.78 is 5.29. The van der Waals surface area contributed by atoms with Gasteiger partial charge in [-0.25, -0.2) is 0 Å². The molecule has 112 valence electrons. The number of morpholine rings is 1. The van der Waals surface area contributed by atoms with E-state index in [1.807, 2.05) is 11.8 Å². The van der Waals surface area contributed by atoms with Crippen LogP contribution in [0.2, 0.25) is 0 Å². The second kappa shape index (κ2) is 7.22. The van der Waals surface area contributed by atoms with Gasteiger partial charge in [0.1, 0.15) is 0 Å². The summed E-state index contributed by atoms with van der Waals surface area (Å²) in [6.45, 7) is 13.4. The number of nitrogens with zero attached hydrogens (tertiary/aromatic N) is 2. The van der Waals surface area contributed by atoms with Gasteiger partial charge in [0, 0.05) is 19.6 Å². The molecular weight excluding hydrogens is 242 g/mol. The minimum atomic E-state index is -0.0890. The number of carbonyl (C=O) groups excluding carboxylic acids is 1. The number of hydrogen-bond donors (Lipinski definition) is 1. The third-order valence-corrected chi connectivity index (χ3v) is 3.82. The molecule has 1 heterocycles. The lowest BCUT2D eigenvalue weighted by atomic mass is 9.92. The minimum absolute atomic E-state index is 0.0373. The van der Waals surface area contributed by atoms with Crippen LogP contribution in [0, 0.1) is 5.41 Å². The van der Waals surface area contributed by atoms with Gasteiger partial charge in [-0.2, -0.15) is 0 Å². The maximum absolute atomic E-state index is 12.5. The van der Waals surface area contributed by atoms with Gasteiger partial charge >= 0.3 is 0 Å². The van der Waals surface area contributed by atoms with E-state index >= 15 is 0 Å². The van der Waals surface area contributed by atoms with Crippen LogP contribution in [0.5, 0.6) is 0 Å². The topological polar surface area (TPSA) is 58.8 Å². The van der Waals surface area contributed by atoms with Crippen LogP contribution in [0.1, 0.15) is 27.7 Å². The highest BCUT2D eigenvalue weighted by molar-refractivity contribution is 5.81. The lowest BCUT2D eigenvalue weighted by Gasteiger charge is -2.37. The molecule has 0 aromatic rings. The molecule has 5 nitrogen and oxygen atoms in total. The Morgan fingerprint density at radius 3 is 2.47 bits per heavy atom. The van der Waals surface area contributed by atoms with Crippen molar-refractivity contribution >= 4 is 5.91 Å². The van der Waals surface area contributed by atoms with E-state index in [1.54, 1.807) is 0 Å². The minimum Gasteiger partial charge on any atom is -0.378 e. The van der Waals surface area contributed by atoms with Crippen molar-refractivity contribution in [1.29, 1.82) is 0 Å². The number of carbonyl (C=O) groups is 1. The van der Waals surface area contributed by atoms with Crippen molar-refractivity contribution in [3.05, 3.63) is 0 Å². The maximum Gasteiger partial charge on any atom is 0.239 e. The van der Waals surface area contributed by atoms with E-state index in [0.717, 1.165) is 13.1 Å². The SMILES string of the molecule is CCN(CC(C)(C)CN)C(C)C(=O)N1CCOCC1. The number of rotatable bonds is 6. The quantitative estimate of drug-likeness (QED) is 0.766. The Morgan fingerprint density at radius 2 is 2.00 bits per heavy atom. The highest BCUT2D eigenvalue weighted by Gasteiger charge is 2.29. The van der Waals surface area contributed by atoms with Crippen molar-refractivity contribution < 1.29 is 9.53 Å². The van der Waals surface area contributed by atoms with E-state index in [2.05, 4.69) is 25.7 Å². The first-order valence-electron chi connectivity index (χ1n) is 7.22. The lowest BCUT2D eigenvalue weighted by Crippen LogP contribution is -2.52.